The number of urea groups is 1. The summed E-state index contributed by atoms with van der Waals surface area (Å²) >= 11 is 0. The molecule has 0 spiro atoms. The zero-order chi connectivity index (χ0) is 15.1. The average Bonchev–Trinajstić information content (AvgIpc) is 2.29. The molecule has 0 radical (unpaired) electrons. The number of amides is 3. The number of aliphatic carboxylic acids is 1. The second-order valence-corrected chi connectivity index (χ2v) is 4.85. The lowest BCUT2D eigenvalue weighted by molar-refractivity contribution is -0.138. The highest BCUT2D eigenvalue weighted by Gasteiger charge is 2.32. The van der Waals surface area contributed by atoms with Crippen molar-refractivity contribution in [2.24, 2.45) is 5.73 Å². The minimum absolute atomic E-state index is 0.0503. The SMILES string of the molecule is NC(=O)CN(CC(=O)O)C(=O)N(CCCO)C1CCC1. The van der Waals surface area contributed by atoms with Crippen LogP contribution in [0.25, 0.3) is 0 Å². The predicted octanol–water partition coefficient (Wildman–Crippen LogP) is -0.785. The third-order valence-electron chi connectivity index (χ3n) is 3.26. The van der Waals surface area contributed by atoms with Crippen LogP contribution in [0.5, 0.6) is 0 Å². The zero-order valence-electron chi connectivity index (χ0n) is 11.3. The fraction of sp³-hybridized carbons (Fsp3) is 0.750. The molecule has 1 rings (SSSR count). The van der Waals surface area contributed by atoms with E-state index in [9.17, 15) is 14.4 Å². The van der Waals surface area contributed by atoms with Crippen molar-refractivity contribution in [1.29, 1.82) is 0 Å². The van der Waals surface area contributed by atoms with Crippen LogP contribution in [-0.2, 0) is 9.59 Å². The van der Waals surface area contributed by atoms with Crippen molar-refractivity contribution < 1.29 is 24.6 Å². The summed E-state index contributed by atoms with van der Waals surface area (Å²) in [5.74, 6) is -1.95. The molecular weight excluding hydrogens is 266 g/mol. The van der Waals surface area contributed by atoms with Gasteiger partial charge in [-0.3, -0.25) is 9.59 Å². The summed E-state index contributed by atoms with van der Waals surface area (Å²) in [5.41, 5.74) is 5.05. The van der Waals surface area contributed by atoms with Gasteiger partial charge in [-0.1, -0.05) is 0 Å². The van der Waals surface area contributed by atoms with E-state index in [0.717, 1.165) is 24.2 Å². The quantitative estimate of drug-likeness (QED) is 0.540. The molecule has 1 fully saturated rings. The van der Waals surface area contributed by atoms with E-state index in [1.54, 1.807) is 0 Å². The lowest BCUT2D eigenvalue weighted by Gasteiger charge is -2.39. The van der Waals surface area contributed by atoms with Gasteiger partial charge in [0.05, 0.1) is 0 Å². The fourth-order valence-corrected chi connectivity index (χ4v) is 2.10. The fourth-order valence-electron chi connectivity index (χ4n) is 2.10. The molecule has 114 valence electrons. The summed E-state index contributed by atoms with van der Waals surface area (Å²) in [5, 5.41) is 17.7. The molecule has 1 aliphatic carbocycles. The first-order valence-corrected chi connectivity index (χ1v) is 6.62. The normalized spacial score (nSPS) is 14.4. The molecule has 0 aromatic rings. The molecule has 0 unspecified atom stereocenters. The number of aliphatic hydroxyl groups is 1. The van der Waals surface area contributed by atoms with Crippen LogP contribution in [0.2, 0.25) is 0 Å². The first kappa shape index (κ1) is 16.2. The van der Waals surface area contributed by atoms with Crippen LogP contribution in [0.15, 0.2) is 0 Å². The first-order valence-electron chi connectivity index (χ1n) is 6.62. The van der Waals surface area contributed by atoms with Gasteiger partial charge in [0.25, 0.3) is 0 Å². The molecule has 0 atom stereocenters. The minimum atomic E-state index is -1.20. The lowest BCUT2D eigenvalue weighted by atomic mass is 9.91. The maximum absolute atomic E-state index is 12.4. The molecule has 20 heavy (non-hydrogen) atoms. The Morgan fingerprint density at radius 1 is 1.20 bits per heavy atom. The van der Waals surface area contributed by atoms with Gasteiger partial charge in [-0.15, -0.1) is 0 Å². The molecule has 0 aromatic carbocycles. The van der Waals surface area contributed by atoms with Gasteiger partial charge >= 0.3 is 12.0 Å². The highest BCUT2D eigenvalue weighted by molar-refractivity contribution is 5.86. The smallest absolute Gasteiger partial charge is 0.323 e. The van der Waals surface area contributed by atoms with E-state index in [0.29, 0.717) is 13.0 Å². The van der Waals surface area contributed by atoms with E-state index >= 15 is 0 Å². The molecule has 0 aliphatic heterocycles. The molecule has 0 bridgehead atoms. The van der Waals surface area contributed by atoms with Gasteiger partial charge in [-0.25, -0.2) is 4.79 Å². The lowest BCUT2D eigenvalue weighted by Crippen LogP contribution is -2.53. The Labute approximate surface area is 117 Å². The third kappa shape index (κ3) is 4.69. The molecule has 3 amide bonds. The number of aliphatic hydroxyl groups excluding tert-OH is 1. The van der Waals surface area contributed by atoms with Crippen LogP contribution in [0.4, 0.5) is 4.79 Å². The Morgan fingerprint density at radius 3 is 2.25 bits per heavy atom. The van der Waals surface area contributed by atoms with E-state index in [1.165, 1.54) is 4.90 Å². The zero-order valence-corrected chi connectivity index (χ0v) is 11.3. The van der Waals surface area contributed by atoms with Gasteiger partial charge in [-0.2, -0.15) is 0 Å². The number of hydrogen-bond donors (Lipinski definition) is 3. The second kappa shape index (κ2) is 7.68. The van der Waals surface area contributed by atoms with Gasteiger partial charge in [-0.05, 0) is 25.7 Å². The largest absolute Gasteiger partial charge is 0.480 e. The molecule has 0 aromatic heterocycles. The van der Waals surface area contributed by atoms with Gasteiger partial charge in [0.2, 0.25) is 5.91 Å². The summed E-state index contributed by atoms with van der Waals surface area (Å²) in [6.07, 6.45) is 3.14. The van der Waals surface area contributed by atoms with Gasteiger partial charge in [0, 0.05) is 19.2 Å². The predicted molar refractivity (Wildman–Crippen MR) is 69.8 cm³/mol. The van der Waals surface area contributed by atoms with E-state index in [-0.39, 0.29) is 12.6 Å². The van der Waals surface area contributed by atoms with Crippen molar-refractivity contribution in [3.63, 3.8) is 0 Å². The van der Waals surface area contributed by atoms with Crippen molar-refractivity contribution in [1.82, 2.24) is 9.80 Å². The monoisotopic (exact) mass is 287 g/mol. The number of carboxylic acid groups (broad SMARTS) is 1. The summed E-state index contributed by atoms with van der Waals surface area (Å²) < 4.78 is 0. The van der Waals surface area contributed by atoms with Crippen molar-refractivity contribution >= 4 is 17.9 Å². The summed E-state index contributed by atoms with van der Waals surface area (Å²) in [6.45, 7) is -0.697. The second-order valence-electron chi connectivity index (χ2n) is 4.85. The van der Waals surface area contributed by atoms with Crippen LogP contribution in [0.1, 0.15) is 25.7 Å². The van der Waals surface area contributed by atoms with Crippen LogP contribution < -0.4 is 5.73 Å². The maximum Gasteiger partial charge on any atom is 0.323 e. The average molecular weight is 287 g/mol. The van der Waals surface area contributed by atoms with Crippen molar-refractivity contribution in [3.05, 3.63) is 0 Å². The molecule has 1 aliphatic rings. The number of carboxylic acids is 1. The van der Waals surface area contributed by atoms with E-state index in [2.05, 4.69) is 0 Å². The molecule has 4 N–H and O–H groups in total. The third-order valence-corrected chi connectivity index (χ3v) is 3.26. The summed E-state index contributed by atoms with van der Waals surface area (Å²) in [4.78, 5) is 36.6. The Hall–Kier alpha value is -1.83. The number of primary amides is 1. The Kier molecular flexibility index (Phi) is 6.23. The number of carbonyl (C=O) groups is 3. The van der Waals surface area contributed by atoms with Gasteiger partial charge in [0.1, 0.15) is 13.1 Å². The van der Waals surface area contributed by atoms with E-state index in [4.69, 9.17) is 15.9 Å². The van der Waals surface area contributed by atoms with Crippen LogP contribution >= 0.6 is 0 Å². The number of nitrogens with zero attached hydrogens (tertiary/aromatic N) is 2. The first-order chi connectivity index (χ1) is 9.45. The topological polar surface area (TPSA) is 124 Å². The standard InChI is InChI=1S/C12H21N3O5/c13-10(17)7-14(8-11(18)19)12(20)15(5-2-6-16)9-3-1-4-9/h9,16H,1-8H2,(H2,13,17)(H,18,19). The van der Waals surface area contributed by atoms with Crippen molar-refractivity contribution in [2.75, 3.05) is 26.2 Å². The van der Waals surface area contributed by atoms with Crippen LogP contribution in [-0.4, -0.2) is 70.2 Å². The Balaban J connectivity index is 2.75. The number of carbonyl (C=O) groups excluding carboxylic acids is 2. The van der Waals surface area contributed by atoms with Crippen LogP contribution in [0, 0.1) is 0 Å². The molecule has 0 saturated heterocycles. The highest BCUT2D eigenvalue weighted by Crippen LogP contribution is 2.25. The molecule has 8 nitrogen and oxygen atoms in total. The minimum Gasteiger partial charge on any atom is -0.480 e. The van der Waals surface area contributed by atoms with Crippen molar-refractivity contribution in [3.8, 4) is 0 Å². The molecular formula is C12H21N3O5. The molecule has 0 heterocycles. The summed E-state index contributed by atoms with van der Waals surface area (Å²) in [7, 11) is 0. The van der Waals surface area contributed by atoms with Crippen LogP contribution in [0.3, 0.4) is 0 Å². The molecule has 1 saturated carbocycles. The number of rotatable bonds is 8. The Bertz CT molecular complexity index is 354. The van der Waals surface area contributed by atoms with E-state index < -0.39 is 31.0 Å². The maximum atomic E-state index is 12.4. The number of hydrogen-bond acceptors (Lipinski definition) is 4. The molecule has 8 heteroatoms. The highest BCUT2D eigenvalue weighted by atomic mass is 16.4. The van der Waals surface area contributed by atoms with Gasteiger partial charge < -0.3 is 25.7 Å². The Morgan fingerprint density at radius 2 is 1.85 bits per heavy atom. The summed E-state index contributed by atoms with van der Waals surface area (Å²) in [6, 6.07) is -0.456. The van der Waals surface area contributed by atoms with Crippen molar-refractivity contribution in [2.45, 2.75) is 31.7 Å². The van der Waals surface area contributed by atoms with Gasteiger partial charge in [0.15, 0.2) is 0 Å². The van der Waals surface area contributed by atoms with E-state index in [1.807, 2.05) is 0 Å². The number of nitrogens with two attached hydrogens (primary N) is 1.